The molecule has 9 heteroatoms. The maximum Gasteiger partial charge on any atom is 0.352 e. The van der Waals surface area contributed by atoms with Gasteiger partial charge in [-0.15, -0.1) is 0 Å². The number of halogens is 1. The summed E-state index contributed by atoms with van der Waals surface area (Å²) in [5, 5.41) is 6.61. The van der Waals surface area contributed by atoms with E-state index in [0.29, 0.717) is 12.2 Å². The van der Waals surface area contributed by atoms with E-state index in [1.807, 2.05) is 6.07 Å². The van der Waals surface area contributed by atoms with Crippen LogP contribution in [0.3, 0.4) is 0 Å². The van der Waals surface area contributed by atoms with Crippen molar-refractivity contribution in [2.75, 3.05) is 13.2 Å². The van der Waals surface area contributed by atoms with Crippen LogP contribution in [0.4, 0.5) is 4.39 Å². The van der Waals surface area contributed by atoms with Crippen molar-refractivity contribution in [2.45, 2.75) is 31.9 Å². The zero-order valence-corrected chi connectivity index (χ0v) is 17.5. The molecule has 0 radical (unpaired) electrons. The van der Waals surface area contributed by atoms with Crippen LogP contribution in [-0.2, 0) is 4.74 Å². The average molecular weight is 438 g/mol. The number of carbonyl (C=O) groups is 1. The van der Waals surface area contributed by atoms with Gasteiger partial charge >= 0.3 is 5.69 Å². The summed E-state index contributed by atoms with van der Waals surface area (Å²) in [5.41, 5.74) is -1.65. The number of carbonyl (C=O) groups excluding carboxylic acids is 1. The van der Waals surface area contributed by atoms with Crippen LogP contribution < -0.4 is 16.6 Å². The summed E-state index contributed by atoms with van der Waals surface area (Å²) in [6.45, 7) is 2.50. The van der Waals surface area contributed by atoms with Crippen molar-refractivity contribution >= 4 is 5.91 Å². The van der Waals surface area contributed by atoms with E-state index in [1.165, 1.54) is 18.2 Å². The fraction of sp³-hybridized carbons (Fsp3) is 0.304. The highest BCUT2D eigenvalue weighted by Gasteiger charge is 2.25. The number of benzene rings is 2. The quantitative estimate of drug-likeness (QED) is 0.636. The van der Waals surface area contributed by atoms with Gasteiger partial charge in [-0.3, -0.25) is 9.59 Å². The van der Waals surface area contributed by atoms with E-state index in [9.17, 15) is 18.8 Å². The molecule has 1 aliphatic heterocycles. The summed E-state index contributed by atoms with van der Waals surface area (Å²) in [6, 6.07) is 13.8. The zero-order valence-electron chi connectivity index (χ0n) is 17.5. The maximum atomic E-state index is 14.5. The molecule has 1 fully saturated rings. The molecule has 166 valence electrons. The number of hydrogen-bond donors (Lipinski definition) is 1. The highest BCUT2D eigenvalue weighted by atomic mass is 19.1. The molecule has 1 aliphatic rings. The van der Waals surface area contributed by atoms with Crippen LogP contribution in [0.5, 0.6) is 0 Å². The van der Waals surface area contributed by atoms with Crippen molar-refractivity contribution < 1.29 is 13.9 Å². The summed E-state index contributed by atoms with van der Waals surface area (Å²) in [7, 11) is 0. The van der Waals surface area contributed by atoms with Crippen molar-refractivity contribution in [1.82, 2.24) is 19.7 Å². The molecule has 2 atom stereocenters. The molecule has 0 aliphatic carbocycles. The standard InChI is InChI=1S/C23H23FN4O4/c1-15(16-8-3-2-4-9-16)27-22(30)20(21(29)25-14-17-10-7-13-32-17)26-28(23(27)31)19-12-6-5-11-18(19)24/h2-6,8-9,11-12,15,17H,7,10,13-14H2,1H3,(H,25,29). The van der Waals surface area contributed by atoms with Crippen molar-refractivity contribution in [3.63, 3.8) is 0 Å². The number of aromatic nitrogens is 3. The molecular formula is C23H23FN4O4. The van der Waals surface area contributed by atoms with Crippen LogP contribution in [0.25, 0.3) is 5.69 Å². The van der Waals surface area contributed by atoms with Crippen molar-refractivity contribution in [3.8, 4) is 5.69 Å². The number of rotatable bonds is 6. The van der Waals surface area contributed by atoms with Crippen molar-refractivity contribution in [2.24, 2.45) is 0 Å². The lowest BCUT2D eigenvalue weighted by Crippen LogP contribution is -2.47. The minimum Gasteiger partial charge on any atom is -0.376 e. The number of ether oxygens (including phenoxy) is 1. The number of hydrogen-bond acceptors (Lipinski definition) is 5. The van der Waals surface area contributed by atoms with Gasteiger partial charge in [0.15, 0.2) is 0 Å². The average Bonchev–Trinajstić information content (AvgIpc) is 3.33. The first kappa shape index (κ1) is 21.6. The molecule has 32 heavy (non-hydrogen) atoms. The van der Waals surface area contributed by atoms with E-state index in [0.717, 1.165) is 22.1 Å². The van der Waals surface area contributed by atoms with E-state index in [1.54, 1.807) is 37.3 Å². The number of amides is 1. The topological polar surface area (TPSA) is 95.2 Å². The van der Waals surface area contributed by atoms with E-state index >= 15 is 0 Å². The fourth-order valence-corrected chi connectivity index (χ4v) is 3.73. The van der Waals surface area contributed by atoms with Gasteiger partial charge in [-0.1, -0.05) is 42.5 Å². The Morgan fingerprint density at radius 2 is 1.91 bits per heavy atom. The minimum atomic E-state index is -0.844. The fourth-order valence-electron chi connectivity index (χ4n) is 3.73. The van der Waals surface area contributed by atoms with Gasteiger partial charge in [-0.2, -0.15) is 9.78 Å². The molecule has 4 rings (SSSR count). The Balaban J connectivity index is 1.83. The minimum absolute atomic E-state index is 0.137. The first-order chi connectivity index (χ1) is 15.5. The normalized spacial score (nSPS) is 16.6. The predicted molar refractivity (Wildman–Crippen MR) is 116 cm³/mol. The van der Waals surface area contributed by atoms with Gasteiger partial charge < -0.3 is 10.1 Å². The Labute approximate surface area is 183 Å². The lowest BCUT2D eigenvalue weighted by Gasteiger charge is -2.18. The summed E-state index contributed by atoms with van der Waals surface area (Å²) in [4.78, 5) is 39.3. The molecule has 0 spiro atoms. The Bertz CT molecular complexity index is 1230. The monoisotopic (exact) mass is 438 g/mol. The zero-order chi connectivity index (χ0) is 22.7. The largest absolute Gasteiger partial charge is 0.376 e. The van der Waals surface area contributed by atoms with Crippen LogP contribution >= 0.6 is 0 Å². The van der Waals surface area contributed by atoms with Crippen LogP contribution in [0.2, 0.25) is 0 Å². The van der Waals surface area contributed by atoms with E-state index < -0.39 is 34.7 Å². The highest BCUT2D eigenvalue weighted by Crippen LogP contribution is 2.15. The van der Waals surface area contributed by atoms with Crippen molar-refractivity contribution in [3.05, 3.63) is 92.5 Å². The molecule has 1 N–H and O–H groups in total. The SMILES string of the molecule is CC(c1ccccc1)n1c(=O)c(C(=O)NCC2CCCO2)nn(-c2ccccc2F)c1=O. The first-order valence-corrected chi connectivity index (χ1v) is 10.4. The van der Waals surface area contributed by atoms with Crippen molar-refractivity contribution in [1.29, 1.82) is 0 Å². The van der Waals surface area contributed by atoms with Gasteiger partial charge in [0.1, 0.15) is 11.5 Å². The summed E-state index contributed by atoms with van der Waals surface area (Å²) in [5.74, 6) is -1.45. The van der Waals surface area contributed by atoms with Gasteiger partial charge in [-0.05, 0) is 37.5 Å². The molecule has 3 aromatic rings. The van der Waals surface area contributed by atoms with Crippen LogP contribution in [0, 0.1) is 5.82 Å². The molecule has 1 amide bonds. The predicted octanol–water partition coefficient (Wildman–Crippen LogP) is 2.05. The third kappa shape index (κ3) is 4.24. The van der Waals surface area contributed by atoms with Gasteiger partial charge in [0, 0.05) is 13.2 Å². The van der Waals surface area contributed by atoms with Gasteiger partial charge in [0.25, 0.3) is 11.5 Å². The molecule has 0 saturated carbocycles. The second-order valence-corrected chi connectivity index (χ2v) is 7.60. The van der Waals surface area contributed by atoms with E-state index in [4.69, 9.17) is 4.74 Å². The van der Waals surface area contributed by atoms with Gasteiger partial charge in [-0.25, -0.2) is 13.8 Å². The van der Waals surface area contributed by atoms with Gasteiger partial charge in [0.2, 0.25) is 5.69 Å². The molecule has 8 nitrogen and oxygen atoms in total. The molecule has 2 aromatic carbocycles. The smallest absolute Gasteiger partial charge is 0.352 e. The first-order valence-electron chi connectivity index (χ1n) is 10.4. The molecule has 0 bridgehead atoms. The highest BCUT2D eigenvalue weighted by molar-refractivity contribution is 5.91. The summed E-state index contributed by atoms with van der Waals surface area (Å²) >= 11 is 0. The second-order valence-electron chi connectivity index (χ2n) is 7.60. The van der Waals surface area contributed by atoms with Crippen LogP contribution in [0.15, 0.2) is 64.2 Å². The maximum absolute atomic E-state index is 14.5. The Hall–Kier alpha value is -3.59. The third-order valence-electron chi connectivity index (χ3n) is 5.49. The summed E-state index contributed by atoms with van der Waals surface area (Å²) in [6.07, 6.45) is 1.57. The number of nitrogens with one attached hydrogen (secondary N) is 1. The molecule has 1 saturated heterocycles. The number of nitrogens with zero attached hydrogens (tertiary/aromatic N) is 3. The lowest BCUT2D eigenvalue weighted by molar-refractivity contribution is 0.0849. The second kappa shape index (κ2) is 9.27. The Kier molecular flexibility index (Phi) is 6.27. The van der Waals surface area contributed by atoms with Gasteiger partial charge in [0.05, 0.1) is 12.1 Å². The number of para-hydroxylation sites is 1. The molecule has 1 aromatic heterocycles. The Morgan fingerprint density at radius 1 is 1.19 bits per heavy atom. The molecule has 2 heterocycles. The molecule has 2 unspecified atom stereocenters. The summed E-state index contributed by atoms with van der Waals surface area (Å²) < 4.78 is 21.7. The van der Waals surface area contributed by atoms with Crippen LogP contribution in [0.1, 0.15) is 41.9 Å². The van der Waals surface area contributed by atoms with E-state index in [2.05, 4.69) is 10.4 Å². The van der Waals surface area contributed by atoms with E-state index in [-0.39, 0.29) is 18.3 Å². The third-order valence-corrected chi connectivity index (χ3v) is 5.49. The lowest BCUT2D eigenvalue weighted by atomic mass is 10.1. The molecular weight excluding hydrogens is 415 g/mol. The Morgan fingerprint density at radius 3 is 2.59 bits per heavy atom. The van der Waals surface area contributed by atoms with Crippen LogP contribution in [-0.4, -0.2) is 39.5 Å².